The fraction of sp³-hybridized carbons (Fsp3) is 0.385. The van der Waals surface area contributed by atoms with E-state index in [1.807, 2.05) is 0 Å². The minimum atomic E-state index is -0.958. The number of carboxylic acids is 1. The number of carbonyl (C=O) groups is 2. The van der Waals surface area contributed by atoms with E-state index in [1.54, 1.807) is 31.2 Å². The third kappa shape index (κ3) is 4.87. The number of rotatable bonds is 7. The van der Waals surface area contributed by atoms with E-state index in [9.17, 15) is 14.5 Å². The third-order valence-corrected chi connectivity index (χ3v) is 2.66. The molecule has 2 N–H and O–H groups in total. The molecule has 0 saturated carbocycles. The van der Waals surface area contributed by atoms with E-state index in [0.29, 0.717) is 17.7 Å². The first-order valence-corrected chi connectivity index (χ1v) is 6.01. The molecule has 1 aromatic rings. The smallest absolute Gasteiger partial charge is 0.303 e. The van der Waals surface area contributed by atoms with Gasteiger partial charge in [-0.25, -0.2) is 0 Å². The van der Waals surface area contributed by atoms with Crippen molar-refractivity contribution in [1.29, 1.82) is 0 Å². The molecule has 1 unspecified atom stereocenters. The lowest BCUT2D eigenvalue weighted by atomic mass is 10.0. The van der Waals surface area contributed by atoms with Crippen molar-refractivity contribution in [2.75, 3.05) is 5.32 Å². The van der Waals surface area contributed by atoms with Crippen LogP contribution in [0.5, 0.6) is 0 Å². The van der Waals surface area contributed by atoms with Gasteiger partial charge in [-0.2, -0.15) is 4.91 Å². The molecule has 0 bridgehead atoms. The molecule has 0 aromatic heterocycles. The third-order valence-electron chi connectivity index (χ3n) is 2.66. The molecule has 0 fully saturated rings. The summed E-state index contributed by atoms with van der Waals surface area (Å²) in [6.45, 7) is 1.75. The van der Waals surface area contributed by atoms with Gasteiger partial charge in [0.25, 0.3) is 0 Å². The number of nitrogens with zero attached hydrogens (tertiary/aromatic N) is 1. The van der Waals surface area contributed by atoms with Crippen molar-refractivity contribution in [2.45, 2.75) is 32.2 Å². The maximum Gasteiger partial charge on any atom is 0.303 e. The second-order valence-corrected chi connectivity index (χ2v) is 4.08. The molecule has 0 aliphatic rings. The van der Waals surface area contributed by atoms with Gasteiger partial charge < -0.3 is 10.4 Å². The van der Waals surface area contributed by atoms with Gasteiger partial charge in [-0.15, -0.1) is 0 Å². The molecule has 0 aliphatic heterocycles. The van der Waals surface area contributed by atoms with Crippen LogP contribution in [0.3, 0.4) is 0 Å². The summed E-state index contributed by atoms with van der Waals surface area (Å²) in [7, 11) is 0. The van der Waals surface area contributed by atoms with Gasteiger partial charge in [0.1, 0.15) is 6.04 Å². The van der Waals surface area contributed by atoms with Gasteiger partial charge in [0.05, 0.1) is 0 Å². The number of carboxylic acid groups (broad SMARTS) is 1. The van der Waals surface area contributed by atoms with Crippen LogP contribution in [0.15, 0.2) is 29.4 Å². The topological polar surface area (TPSA) is 95.8 Å². The Balaban J connectivity index is 2.70. The zero-order valence-corrected chi connectivity index (χ0v) is 10.6. The van der Waals surface area contributed by atoms with Crippen LogP contribution in [0.1, 0.15) is 37.8 Å². The van der Waals surface area contributed by atoms with E-state index >= 15 is 0 Å². The highest BCUT2D eigenvalue weighted by molar-refractivity contribution is 5.90. The van der Waals surface area contributed by atoms with Crippen molar-refractivity contribution in [3.63, 3.8) is 0 Å². The standard InChI is InChI=1S/C13H16N2O4/c1-2-12(16)14-10-5-3-9(4-6-10)11(15-19)7-8-13(17)18/h3-6,11H,2,7-8H2,1H3,(H,14,16)(H,17,18). The highest BCUT2D eigenvalue weighted by Gasteiger charge is 2.13. The van der Waals surface area contributed by atoms with Crippen LogP contribution in [-0.2, 0) is 9.59 Å². The van der Waals surface area contributed by atoms with E-state index in [2.05, 4.69) is 10.5 Å². The molecular formula is C13H16N2O4. The molecule has 0 aliphatic carbocycles. The molecule has 0 saturated heterocycles. The maximum atomic E-state index is 11.2. The fourth-order valence-electron chi connectivity index (χ4n) is 1.58. The number of amides is 1. The summed E-state index contributed by atoms with van der Waals surface area (Å²) in [5.41, 5.74) is 1.28. The second kappa shape index (κ2) is 7.25. The van der Waals surface area contributed by atoms with Gasteiger partial charge in [-0.1, -0.05) is 24.2 Å². The lowest BCUT2D eigenvalue weighted by Gasteiger charge is -2.09. The molecule has 1 amide bonds. The minimum Gasteiger partial charge on any atom is -0.481 e. The van der Waals surface area contributed by atoms with Crippen LogP contribution in [0.2, 0.25) is 0 Å². The minimum absolute atomic E-state index is 0.0938. The Hall–Kier alpha value is -2.24. The number of anilines is 1. The summed E-state index contributed by atoms with van der Waals surface area (Å²) in [6, 6.07) is 5.99. The summed E-state index contributed by atoms with van der Waals surface area (Å²) in [5, 5.41) is 14.2. The molecule has 102 valence electrons. The van der Waals surface area contributed by atoms with Crippen molar-refractivity contribution < 1.29 is 14.7 Å². The first-order valence-electron chi connectivity index (χ1n) is 6.01. The Kier molecular flexibility index (Phi) is 5.66. The number of carbonyl (C=O) groups excluding carboxylic acids is 1. The Bertz CT molecular complexity index is 456. The lowest BCUT2D eigenvalue weighted by Crippen LogP contribution is -2.09. The highest BCUT2D eigenvalue weighted by Crippen LogP contribution is 2.24. The summed E-state index contributed by atoms with van der Waals surface area (Å²) >= 11 is 0. The Labute approximate surface area is 110 Å². The molecule has 1 aromatic carbocycles. The predicted molar refractivity (Wildman–Crippen MR) is 70.8 cm³/mol. The van der Waals surface area contributed by atoms with Crippen molar-refractivity contribution in [3.05, 3.63) is 34.7 Å². The predicted octanol–water partition coefficient (Wildman–Crippen LogP) is 2.71. The van der Waals surface area contributed by atoms with E-state index in [0.717, 1.165) is 0 Å². The van der Waals surface area contributed by atoms with E-state index in [-0.39, 0.29) is 18.7 Å². The summed E-state index contributed by atoms with van der Waals surface area (Å²) in [4.78, 5) is 32.4. The van der Waals surface area contributed by atoms with E-state index < -0.39 is 12.0 Å². The van der Waals surface area contributed by atoms with Crippen molar-refractivity contribution in [3.8, 4) is 0 Å². The Morgan fingerprint density at radius 1 is 1.32 bits per heavy atom. The second-order valence-electron chi connectivity index (χ2n) is 4.08. The van der Waals surface area contributed by atoms with Gasteiger partial charge >= 0.3 is 5.97 Å². The van der Waals surface area contributed by atoms with Gasteiger partial charge in [0.2, 0.25) is 5.91 Å². The van der Waals surface area contributed by atoms with Crippen LogP contribution in [0, 0.1) is 4.91 Å². The number of hydrogen-bond acceptors (Lipinski definition) is 4. The first kappa shape index (κ1) is 14.8. The molecule has 1 rings (SSSR count). The van der Waals surface area contributed by atoms with Crippen molar-refractivity contribution in [1.82, 2.24) is 0 Å². The van der Waals surface area contributed by atoms with E-state index in [1.165, 1.54) is 0 Å². The quantitative estimate of drug-likeness (QED) is 0.740. The first-order chi connectivity index (χ1) is 9.06. The van der Waals surface area contributed by atoms with Crippen LogP contribution in [-0.4, -0.2) is 17.0 Å². The number of hydrogen-bond donors (Lipinski definition) is 2. The molecule has 0 heterocycles. The summed E-state index contributed by atoms with van der Waals surface area (Å²) in [5.74, 6) is -1.05. The SMILES string of the molecule is CCC(=O)Nc1ccc(C(CCC(=O)O)N=O)cc1. The Morgan fingerprint density at radius 3 is 2.42 bits per heavy atom. The molecule has 6 heteroatoms. The van der Waals surface area contributed by atoms with Crippen molar-refractivity contribution in [2.24, 2.45) is 5.18 Å². The van der Waals surface area contributed by atoms with Gasteiger partial charge in [-0.05, 0) is 24.1 Å². The van der Waals surface area contributed by atoms with Crippen LogP contribution in [0.25, 0.3) is 0 Å². The number of aliphatic carboxylic acids is 1. The Morgan fingerprint density at radius 2 is 1.95 bits per heavy atom. The van der Waals surface area contributed by atoms with Gasteiger partial charge in [0, 0.05) is 18.5 Å². The average Bonchev–Trinajstić information content (AvgIpc) is 2.40. The molecule has 0 spiro atoms. The number of nitroso groups, excluding NO2 is 1. The fourth-order valence-corrected chi connectivity index (χ4v) is 1.58. The maximum absolute atomic E-state index is 11.2. The summed E-state index contributed by atoms with van der Waals surface area (Å²) in [6.07, 6.45) is 0.448. The zero-order chi connectivity index (χ0) is 14.3. The molecule has 19 heavy (non-hydrogen) atoms. The average molecular weight is 264 g/mol. The summed E-state index contributed by atoms with van der Waals surface area (Å²) < 4.78 is 0. The van der Waals surface area contributed by atoms with Crippen LogP contribution in [0.4, 0.5) is 5.69 Å². The number of nitrogens with one attached hydrogen (secondary N) is 1. The van der Waals surface area contributed by atoms with Crippen molar-refractivity contribution >= 4 is 17.6 Å². The van der Waals surface area contributed by atoms with Gasteiger partial charge in [0.15, 0.2) is 0 Å². The molecular weight excluding hydrogens is 248 g/mol. The molecule has 6 nitrogen and oxygen atoms in total. The van der Waals surface area contributed by atoms with Crippen LogP contribution < -0.4 is 5.32 Å². The number of benzene rings is 1. The zero-order valence-electron chi connectivity index (χ0n) is 10.6. The largest absolute Gasteiger partial charge is 0.481 e. The van der Waals surface area contributed by atoms with Gasteiger partial charge in [-0.3, -0.25) is 9.59 Å². The van der Waals surface area contributed by atoms with E-state index in [4.69, 9.17) is 5.11 Å². The molecule has 0 radical (unpaired) electrons. The monoisotopic (exact) mass is 264 g/mol. The normalized spacial score (nSPS) is 11.6. The molecule has 1 atom stereocenters. The van der Waals surface area contributed by atoms with Crippen LogP contribution >= 0.6 is 0 Å². The lowest BCUT2D eigenvalue weighted by molar-refractivity contribution is -0.137. The highest BCUT2D eigenvalue weighted by atomic mass is 16.4.